The Hall–Kier alpha value is -3.32. The average Bonchev–Trinajstić information content (AvgIpc) is 2.70. The van der Waals surface area contributed by atoms with Crippen molar-refractivity contribution in [3.63, 3.8) is 0 Å². The van der Waals surface area contributed by atoms with E-state index in [-0.39, 0.29) is 12.6 Å². The van der Waals surface area contributed by atoms with Gasteiger partial charge >= 0.3 is 5.97 Å². The summed E-state index contributed by atoms with van der Waals surface area (Å²) in [6, 6.07) is 14.9. The number of ether oxygens (including phenoxy) is 1. The lowest BCUT2D eigenvalue weighted by Crippen LogP contribution is -2.38. The molecule has 0 amide bonds. The molecule has 1 aliphatic heterocycles. The summed E-state index contributed by atoms with van der Waals surface area (Å²) in [5, 5.41) is 13.3. The molecule has 0 aliphatic carbocycles. The van der Waals surface area contributed by atoms with E-state index in [1.807, 2.05) is 36.4 Å². The van der Waals surface area contributed by atoms with E-state index in [4.69, 9.17) is 16.3 Å². The first-order valence-corrected chi connectivity index (χ1v) is 9.96. The molecular weight excluding hydrogens is 404 g/mol. The van der Waals surface area contributed by atoms with Gasteiger partial charge in [-0.15, -0.1) is 0 Å². The van der Waals surface area contributed by atoms with Gasteiger partial charge in [0.05, 0.1) is 6.04 Å². The first-order chi connectivity index (χ1) is 14.5. The van der Waals surface area contributed by atoms with Crippen LogP contribution in [-0.2, 0) is 4.79 Å². The van der Waals surface area contributed by atoms with Crippen molar-refractivity contribution in [1.29, 1.82) is 0 Å². The molecule has 0 saturated heterocycles. The maximum absolute atomic E-state index is 11.2. The third kappa shape index (κ3) is 4.63. The van der Waals surface area contributed by atoms with Gasteiger partial charge in [-0.25, -0.2) is 9.97 Å². The lowest BCUT2D eigenvalue weighted by atomic mass is 10.0. The van der Waals surface area contributed by atoms with Gasteiger partial charge in [-0.3, -0.25) is 4.79 Å². The van der Waals surface area contributed by atoms with Crippen LogP contribution in [0.1, 0.15) is 23.9 Å². The molecule has 1 aliphatic rings. The Bertz CT molecular complexity index is 1080. The number of benzene rings is 2. The first kappa shape index (κ1) is 20.0. The Kier molecular flexibility index (Phi) is 5.72. The van der Waals surface area contributed by atoms with Gasteiger partial charge < -0.3 is 20.1 Å². The van der Waals surface area contributed by atoms with E-state index in [9.17, 15) is 9.90 Å². The quantitative estimate of drug-likeness (QED) is 0.594. The molecule has 7 nitrogen and oxygen atoms in total. The number of aryl methyl sites for hydroxylation is 1. The highest BCUT2D eigenvalue weighted by molar-refractivity contribution is 6.30. The van der Waals surface area contributed by atoms with Crippen molar-refractivity contribution in [2.24, 2.45) is 0 Å². The number of nitrogens with one attached hydrogen (secondary N) is 1. The van der Waals surface area contributed by atoms with Crippen molar-refractivity contribution >= 4 is 29.1 Å². The smallest absolute Gasteiger partial charge is 0.323 e. The number of carbonyl (C=O) groups is 1. The third-order valence-corrected chi connectivity index (χ3v) is 5.05. The number of hydrogen-bond acceptors (Lipinski definition) is 6. The highest BCUT2D eigenvalue weighted by Gasteiger charge is 2.28. The Balaban J connectivity index is 1.55. The van der Waals surface area contributed by atoms with Crippen LogP contribution in [0.5, 0.6) is 11.5 Å². The summed E-state index contributed by atoms with van der Waals surface area (Å²) in [7, 11) is 0. The lowest BCUT2D eigenvalue weighted by Gasteiger charge is -2.34. The van der Waals surface area contributed by atoms with Gasteiger partial charge in [0.2, 0.25) is 0 Å². The number of anilines is 2. The average molecular weight is 425 g/mol. The van der Waals surface area contributed by atoms with Crippen LogP contribution < -0.4 is 15.0 Å². The summed E-state index contributed by atoms with van der Waals surface area (Å²) < 4.78 is 5.91. The van der Waals surface area contributed by atoms with E-state index in [2.05, 4.69) is 15.3 Å². The zero-order valence-corrected chi connectivity index (χ0v) is 17.1. The minimum Gasteiger partial charge on any atom is -0.480 e. The molecule has 1 atom stereocenters. The molecule has 30 heavy (non-hydrogen) atoms. The van der Waals surface area contributed by atoms with Gasteiger partial charge in [0.15, 0.2) is 0 Å². The zero-order valence-electron chi connectivity index (χ0n) is 16.4. The fourth-order valence-corrected chi connectivity index (χ4v) is 3.68. The van der Waals surface area contributed by atoms with Crippen molar-refractivity contribution in [1.82, 2.24) is 9.97 Å². The first-order valence-electron chi connectivity index (χ1n) is 9.58. The second-order valence-corrected chi connectivity index (χ2v) is 7.52. The molecule has 154 valence electrons. The van der Waals surface area contributed by atoms with Crippen LogP contribution in [0.3, 0.4) is 0 Å². The minimum absolute atomic E-state index is 0.0351. The molecule has 0 spiro atoms. The van der Waals surface area contributed by atoms with Gasteiger partial charge in [-0.1, -0.05) is 23.7 Å². The van der Waals surface area contributed by atoms with Crippen LogP contribution in [0, 0.1) is 6.92 Å². The van der Waals surface area contributed by atoms with E-state index in [1.54, 1.807) is 30.2 Å². The fraction of sp³-hybridized carbons (Fsp3) is 0.227. The van der Waals surface area contributed by atoms with Crippen molar-refractivity contribution in [3.05, 3.63) is 71.1 Å². The number of fused-ring (bicyclic) bond motifs is 1. The molecule has 2 heterocycles. The second-order valence-electron chi connectivity index (χ2n) is 7.08. The van der Waals surface area contributed by atoms with E-state index >= 15 is 0 Å². The molecule has 2 aromatic carbocycles. The number of rotatable bonds is 6. The number of aromatic nitrogens is 2. The van der Waals surface area contributed by atoms with E-state index in [0.29, 0.717) is 34.7 Å². The van der Waals surface area contributed by atoms with Gasteiger partial charge in [0.25, 0.3) is 0 Å². The van der Waals surface area contributed by atoms with Crippen LogP contribution in [0.2, 0.25) is 5.02 Å². The van der Waals surface area contributed by atoms with Gasteiger partial charge in [-0.2, -0.15) is 0 Å². The molecule has 1 aromatic heterocycles. The predicted octanol–water partition coefficient (Wildman–Crippen LogP) is 4.68. The zero-order chi connectivity index (χ0) is 21.1. The standard InChI is InChI=1S/C22H21ClN4O3/c1-14-24-12-19-20(8-9-27(13-21(28)29)22(19)25-14)26-16-5-3-7-18(11-16)30-17-6-2-4-15(23)10-17/h2-7,10-12,20,26H,8-9,13H2,1H3,(H,28,29). The third-order valence-electron chi connectivity index (χ3n) is 4.81. The van der Waals surface area contributed by atoms with Crippen molar-refractivity contribution in [2.75, 3.05) is 23.3 Å². The molecule has 0 bridgehead atoms. The molecule has 1 unspecified atom stereocenters. The van der Waals surface area contributed by atoms with Crippen LogP contribution >= 0.6 is 11.6 Å². The Morgan fingerprint density at radius 1 is 1.27 bits per heavy atom. The molecule has 2 N–H and O–H groups in total. The number of carboxylic acids is 1. The molecule has 0 fully saturated rings. The van der Waals surface area contributed by atoms with Crippen molar-refractivity contribution in [2.45, 2.75) is 19.4 Å². The maximum atomic E-state index is 11.2. The summed E-state index contributed by atoms with van der Waals surface area (Å²) >= 11 is 6.03. The van der Waals surface area contributed by atoms with Crippen LogP contribution in [0.25, 0.3) is 0 Å². The summed E-state index contributed by atoms with van der Waals surface area (Å²) in [4.78, 5) is 21.8. The number of nitrogens with zero attached hydrogens (tertiary/aromatic N) is 3. The number of carboxylic acid groups (broad SMARTS) is 1. The summed E-state index contributed by atoms with van der Waals surface area (Å²) in [5.41, 5.74) is 1.77. The maximum Gasteiger partial charge on any atom is 0.323 e. The largest absolute Gasteiger partial charge is 0.480 e. The van der Waals surface area contributed by atoms with Crippen LogP contribution in [-0.4, -0.2) is 34.1 Å². The number of aliphatic carboxylic acids is 1. The molecular formula is C22H21ClN4O3. The summed E-state index contributed by atoms with van der Waals surface area (Å²) in [6.07, 6.45) is 2.50. The Morgan fingerprint density at radius 3 is 2.80 bits per heavy atom. The van der Waals surface area contributed by atoms with Gasteiger partial charge in [0, 0.05) is 35.1 Å². The highest BCUT2D eigenvalue weighted by Crippen LogP contribution is 2.35. The lowest BCUT2D eigenvalue weighted by molar-refractivity contribution is -0.135. The monoisotopic (exact) mass is 424 g/mol. The Morgan fingerprint density at radius 2 is 2.03 bits per heavy atom. The molecule has 4 rings (SSSR count). The van der Waals surface area contributed by atoms with Crippen LogP contribution in [0.15, 0.2) is 54.7 Å². The predicted molar refractivity (Wildman–Crippen MR) is 116 cm³/mol. The highest BCUT2D eigenvalue weighted by atomic mass is 35.5. The van der Waals surface area contributed by atoms with Crippen molar-refractivity contribution < 1.29 is 14.6 Å². The molecule has 8 heteroatoms. The molecule has 0 radical (unpaired) electrons. The minimum atomic E-state index is -0.880. The molecule has 0 saturated carbocycles. The Labute approximate surface area is 179 Å². The van der Waals surface area contributed by atoms with E-state index in [0.717, 1.165) is 17.7 Å². The normalized spacial score (nSPS) is 15.4. The molecule has 3 aromatic rings. The SMILES string of the molecule is Cc1ncc2c(n1)N(CC(=O)O)CCC2Nc1cccc(Oc2cccc(Cl)c2)c1. The van der Waals surface area contributed by atoms with Crippen LogP contribution in [0.4, 0.5) is 11.5 Å². The topological polar surface area (TPSA) is 87.6 Å². The van der Waals surface area contributed by atoms with Gasteiger partial charge in [-0.05, 0) is 43.7 Å². The number of hydrogen-bond donors (Lipinski definition) is 2. The van der Waals surface area contributed by atoms with E-state index in [1.165, 1.54) is 0 Å². The van der Waals surface area contributed by atoms with E-state index < -0.39 is 5.97 Å². The summed E-state index contributed by atoms with van der Waals surface area (Å²) in [5.74, 6) is 1.75. The van der Waals surface area contributed by atoms with Gasteiger partial charge in [0.1, 0.15) is 29.7 Å². The van der Waals surface area contributed by atoms with Crippen molar-refractivity contribution in [3.8, 4) is 11.5 Å². The number of halogens is 1. The fourth-order valence-electron chi connectivity index (χ4n) is 3.50. The second kappa shape index (κ2) is 8.59. The summed E-state index contributed by atoms with van der Waals surface area (Å²) in [6.45, 7) is 2.30.